The largest absolute Gasteiger partial charge is 0.354 e. The zero-order valence-electron chi connectivity index (χ0n) is 16.0. The van der Waals surface area contributed by atoms with Crippen LogP contribution in [0.15, 0.2) is 4.99 Å². The van der Waals surface area contributed by atoms with Gasteiger partial charge in [0.25, 0.3) is 0 Å². The second kappa shape index (κ2) is 8.88. The average molecular weight is 350 g/mol. The van der Waals surface area contributed by atoms with Crippen LogP contribution in [0.25, 0.3) is 0 Å². The minimum absolute atomic E-state index is 0.0477. The molecule has 1 saturated heterocycles. The lowest BCUT2D eigenvalue weighted by molar-refractivity contribution is -0.127. The molecule has 1 amide bonds. The Bertz CT molecular complexity index is 466. The van der Waals surface area contributed by atoms with Gasteiger partial charge >= 0.3 is 0 Å². The number of hydrogen-bond donors (Lipinski definition) is 2. The molecule has 0 bridgehead atoms. The minimum Gasteiger partial charge on any atom is -0.354 e. The van der Waals surface area contributed by atoms with Crippen molar-refractivity contribution in [2.75, 3.05) is 33.7 Å². The van der Waals surface area contributed by atoms with Crippen molar-refractivity contribution >= 4 is 11.9 Å². The molecule has 3 rings (SSSR count). The summed E-state index contributed by atoms with van der Waals surface area (Å²) < 4.78 is 0. The van der Waals surface area contributed by atoms with E-state index in [0.717, 1.165) is 18.5 Å². The molecule has 2 aliphatic carbocycles. The molecule has 0 aromatic carbocycles. The van der Waals surface area contributed by atoms with Gasteiger partial charge < -0.3 is 15.5 Å². The molecule has 2 saturated carbocycles. The van der Waals surface area contributed by atoms with Crippen molar-refractivity contribution in [1.82, 2.24) is 20.4 Å². The predicted molar refractivity (Wildman–Crippen MR) is 102 cm³/mol. The first-order valence-corrected chi connectivity index (χ1v) is 10.1. The highest BCUT2D eigenvalue weighted by molar-refractivity contribution is 5.85. The fourth-order valence-corrected chi connectivity index (χ4v) is 4.38. The van der Waals surface area contributed by atoms with Crippen LogP contribution in [-0.2, 0) is 4.79 Å². The van der Waals surface area contributed by atoms with Gasteiger partial charge in [-0.1, -0.05) is 25.7 Å². The smallest absolute Gasteiger partial charge is 0.243 e. The average Bonchev–Trinajstić information content (AvgIpc) is 3.33. The number of likely N-dealkylation sites (tertiary alicyclic amines) is 1. The van der Waals surface area contributed by atoms with Crippen molar-refractivity contribution < 1.29 is 4.79 Å². The number of aliphatic imine (C=N–C) groups is 1. The molecule has 1 heterocycles. The van der Waals surface area contributed by atoms with E-state index >= 15 is 0 Å². The first-order valence-electron chi connectivity index (χ1n) is 10.1. The first kappa shape index (κ1) is 18.5. The molecule has 1 aliphatic heterocycles. The van der Waals surface area contributed by atoms with Crippen LogP contribution < -0.4 is 10.6 Å². The number of likely N-dealkylation sites (N-methyl/N-ethyl adjacent to an activating group) is 1. The van der Waals surface area contributed by atoms with Crippen LogP contribution >= 0.6 is 0 Å². The lowest BCUT2D eigenvalue weighted by atomic mass is 10.2. The Morgan fingerprint density at radius 3 is 2.32 bits per heavy atom. The van der Waals surface area contributed by atoms with Crippen molar-refractivity contribution in [1.29, 1.82) is 0 Å². The fraction of sp³-hybridized carbons (Fsp3) is 0.895. The van der Waals surface area contributed by atoms with E-state index in [9.17, 15) is 4.79 Å². The SMILES string of the molecule is CN(C)C(=O)CN=C(NC1CCCC1)NC1CCN(C2CCCC2)C1. The van der Waals surface area contributed by atoms with Gasteiger partial charge in [-0.3, -0.25) is 9.69 Å². The van der Waals surface area contributed by atoms with E-state index < -0.39 is 0 Å². The van der Waals surface area contributed by atoms with Gasteiger partial charge in [0.15, 0.2) is 5.96 Å². The highest BCUT2D eigenvalue weighted by Gasteiger charge is 2.30. The van der Waals surface area contributed by atoms with Gasteiger partial charge in [0.1, 0.15) is 6.54 Å². The molecule has 0 aromatic heterocycles. The summed E-state index contributed by atoms with van der Waals surface area (Å²) in [5.74, 6) is 0.881. The number of nitrogens with zero attached hydrogens (tertiary/aromatic N) is 3. The second-order valence-electron chi connectivity index (χ2n) is 8.14. The Morgan fingerprint density at radius 1 is 1.00 bits per heavy atom. The molecule has 0 radical (unpaired) electrons. The number of hydrogen-bond acceptors (Lipinski definition) is 3. The predicted octanol–water partition coefficient (Wildman–Crippen LogP) is 1.57. The Balaban J connectivity index is 1.54. The molecule has 1 unspecified atom stereocenters. The Morgan fingerprint density at radius 2 is 1.64 bits per heavy atom. The van der Waals surface area contributed by atoms with E-state index in [4.69, 9.17) is 0 Å². The minimum atomic E-state index is 0.0477. The quantitative estimate of drug-likeness (QED) is 0.584. The molecule has 6 nitrogen and oxygen atoms in total. The highest BCUT2D eigenvalue weighted by atomic mass is 16.2. The van der Waals surface area contributed by atoms with Crippen molar-refractivity contribution in [2.24, 2.45) is 4.99 Å². The third kappa shape index (κ3) is 5.33. The summed E-state index contributed by atoms with van der Waals surface area (Å²) in [6, 6.07) is 1.75. The summed E-state index contributed by atoms with van der Waals surface area (Å²) >= 11 is 0. The van der Waals surface area contributed by atoms with Gasteiger partial charge in [0, 0.05) is 45.3 Å². The lowest BCUT2D eigenvalue weighted by Gasteiger charge is -2.25. The maximum absolute atomic E-state index is 11.9. The van der Waals surface area contributed by atoms with Crippen molar-refractivity contribution in [2.45, 2.75) is 75.9 Å². The summed E-state index contributed by atoms with van der Waals surface area (Å²) in [4.78, 5) is 20.7. The third-order valence-corrected chi connectivity index (χ3v) is 5.97. The van der Waals surface area contributed by atoms with Gasteiger partial charge in [-0.15, -0.1) is 0 Å². The van der Waals surface area contributed by atoms with Crippen LogP contribution in [0.2, 0.25) is 0 Å². The van der Waals surface area contributed by atoms with E-state index in [0.29, 0.717) is 12.1 Å². The molecule has 0 spiro atoms. The summed E-state index contributed by atoms with van der Waals surface area (Å²) in [6.07, 6.45) is 11.7. The first-order chi connectivity index (χ1) is 12.1. The number of carbonyl (C=O) groups excluding carboxylic acids is 1. The van der Waals surface area contributed by atoms with Crippen LogP contribution in [0.3, 0.4) is 0 Å². The van der Waals surface area contributed by atoms with E-state index in [2.05, 4.69) is 20.5 Å². The van der Waals surface area contributed by atoms with Gasteiger partial charge in [-0.05, 0) is 32.1 Å². The number of carbonyl (C=O) groups is 1. The van der Waals surface area contributed by atoms with E-state index in [1.54, 1.807) is 19.0 Å². The highest BCUT2D eigenvalue weighted by Crippen LogP contribution is 2.26. The maximum Gasteiger partial charge on any atom is 0.243 e. The number of nitrogens with one attached hydrogen (secondary N) is 2. The van der Waals surface area contributed by atoms with E-state index in [1.165, 1.54) is 64.3 Å². The normalized spacial score (nSPS) is 26.3. The monoisotopic (exact) mass is 349 g/mol. The van der Waals surface area contributed by atoms with Crippen LogP contribution in [0.4, 0.5) is 0 Å². The van der Waals surface area contributed by atoms with Crippen molar-refractivity contribution in [3.63, 3.8) is 0 Å². The second-order valence-corrected chi connectivity index (χ2v) is 8.14. The topological polar surface area (TPSA) is 60.0 Å². The summed E-state index contributed by atoms with van der Waals surface area (Å²) in [7, 11) is 3.57. The van der Waals surface area contributed by atoms with Crippen molar-refractivity contribution in [3.05, 3.63) is 0 Å². The zero-order valence-corrected chi connectivity index (χ0v) is 16.0. The van der Waals surface area contributed by atoms with Crippen LogP contribution in [-0.4, -0.2) is 73.5 Å². The van der Waals surface area contributed by atoms with Gasteiger partial charge in [-0.2, -0.15) is 0 Å². The van der Waals surface area contributed by atoms with Crippen LogP contribution in [0.1, 0.15) is 57.8 Å². The van der Waals surface area contributed by atoms with Crippen LogP contribution in [0, 0.1) is 0 Å². The van der Waals surface area contributed by atoms with Crippen LogP contribution in [0.5, 0.6) is 0 Å². The summed E-state index contributed by atoms with van der Waals surface area (Å²) in [6.45, 7) is 2.52. The number of rotatable bonds is 5. The molecular weight excluding hydrogens is 314 g/mol. The Labute approximate surface area is 152 Å². The molecular formula is C19H35N5O. The van der Waals surface area contributed by atoms with Gasteiger partial charge in [0.05, 0.1) is 0 Å². The maximum atomic E-state index is 11.9. The van der Waals surface area contributed by atoms with Gasteiger partial charge in [-0.25, -0.2) is 4.99 Å². The molecule has 3 aliphatic rings. The van der Waals surface area contributed by atoms with E-state index in [1.807, 2.05) is 0 Å². The zero-order chi connectivity index (χ0) is 17.6. The van der Waals surface area contributed by atoms with Crippen molar-refractivity contribution in [3.8, 4) is 0 Å². The Kier molecular flexibility index (Phi) is 6.57. The molecule has 25 heavy (non-hydrogen) atoms. The third-order valence-electron chi connectivity index (χ3n) is 5.97. The lowest BCUT2D eigenvalue weighted by Crippen LogP contribution is -2.48. The van der Waals surface area contributed by atoms with E-state index in [-0.39, 0.29) is 12.5 Å². The van der Waals surface area contributed by atoms with Gasteiger partial charge in [0.2, 0.25) is 5.91 Å². The fourth-order valence-electron chi connectivity index (χ4n) is 4.38. The molecule has 1 atom stereocenters. The molecule has 2 N–H and O–H groups in total. The molecule has 0 aromatic rings. The Hall–Kier alpha value is -1.30. The molecule has 3 fully saturated rings. The summed E-state index contributed by atoms with van der Waals surface area (Å²) in [5.41, 5.74) is 0. The number of amides is 1. The summed E-state index contributed by atoms with van der Waals surface area (Å²) in [5, 5.41) is 7.19. The molecule has 142 valence electrons. The number of guanidine groups is 1. The standard InChI is InChI=1S/C19H35N5O/c1-23(2)18(25)13-20-19(21-15-7-3-4-8-15)22-16-11-12-24(14-16)17-9-5-6-10-17/h15-17H,3-14H2,1-2H3,(H2,20,21,22). The molecule has 6 heteroatoms.